The summed E-state index contributed by atoms with van der Waals surface area (Å²) in [4.78, 5) is 31.8. The number of hydrogen-bond donors (Lipinski definition) is 1. The van der Waals surface area contributed by atoms with Crippen molar-refractivity contribution in [3.05, 3.63) is 117 Å². The monoisotopic (exact) mass is 633 g/mol. The molecule has 2 heterocycles. The number of aryl methyl sites for hydroxylation is 1. The second kappa shape index (κ2) is 12.7. The van der Waals surface area contributed by atoms with Crippen LogP contribution < -0.4 is 10.1 Å². The number of hydrogen-bond acceptors (Lipinski definition) is 5. The fourth-order valence-corrected chi connectivity index (χ4v) is 5.87. The molecule has 0 fully saturated rings. The van der Waals surface area contributed by atoms with Gasteiger partial charge >= 0.3 is 0 Å². The first-order valence-electron chi connectivity index (χ1n) is 13.5. The zero-order chi connectivity index (χ0) is 30.8. The minimum atomic E-state index is -1.13. The Bertz CT molecular complexity index is 1890. The van der Waals surface area contributed by atoms with Gasteiger partial charge in [-0.3, -0.25) is 13.8 Å². The lowest BCUT2D eigenvalue weighted by atomic mass is 10.1. The molecule has 7 nitrogen and oxygen atoms in total. The molecule has 5 aromatic rings. The molecule has 0 saturated carbocycles. The number of rotatable bonds is 9. The summed E-state index contributed by atoms with van der Waals surface area (Å²) in [5, 5.41) is 4.53. The highest BCUT2D eigenvalue weighted by atomic mass is 35.5. The number of ether oxygens (including phenoxy) is 1. The third-order valence-corrected chi connectivity index (χ3v) is 9.04. The topological polar surface area (TPSA) is 90.3 Å². The van der Waals surface area contributed by atoms with Crippen LogP contribution in [0.1, 0.15) is 45.8 Å². The molecule has 2 unspecified atom stereocenters. The van der Waals surface area contributed by atoms with E-state index in [0.717, 1.165) is 16.6 Å². The van der Waals surface area contributed by atoms with Crippen LogP contribution in [0.2, 0.25) is 10.0 Å². The molecule has 3 aromatic carbocycles. The molecule has 0 spiro atoms. The molecule has 0 aliphatic heterocycles. The summed E-state index contributed by atoms with van der Waals surface area (Å²) in [6.45, 7) is 3.75. The number of para-hydroxylation sites is 1. The van der Waals surface area contributed by atoms with E-state index >= 15 is 0 Å². The first-order chi connectivity index (χ1) is 20.5. The van der Waals surface area contributed by atoms with E-state index in [2.05, 4.69) is 10.3 Å². The van der Waals surface area contributed by atoms with Crippen molar-refractivity contribution in [2.45, 2.75) is 31.3 Å². The van der Waals surface area contributed by atoms with Crippen LogP contribution in [0.25, 0.3) is 10.9 Å². The Hall–Kier alpha value is -3.98. The summed E-state index contributed by atoms with van der Waals surface area (Å²) in [5.74, 6) is -0.508. The summed E-state index contributed by atoms with van der Waals surface area (Å²) in [6, 6.07) is 23.1. The third-order valence-electron chi connectivity index (χ3n) is 7.32. The Labute approximate surface area is 262 Å². The zero-order valence-corrected chi connectivity index (χ0v) is 26.3. The minimum Gasteiger partial charge on any atom is -0.487 e. The summed E-state index contributed by atoms with van der Waals surface area (Å²) >= 11 is 13.2. The van der Waals surface area contributed by atoms with E-state index in [4.69, 9.17) is 27.9 Å². The van der Waals surface area contributed by atoms with Gasteiger partial charge in [0.2, 0.25) is 11.7 Å². The van der Waals surface area contributed by atoms with Crippen LogP contribution in [-0.2, 0) is 29.2 Å². The summed E-state index contributed by atoms with van der Waals surface area (Å²) in [5.41, 5.74) is 4.09. The molecule has 5 rings (SSSR count). The number of carbonyl (C=O) groups is 2. The fourth-order valence-electron chi connectivity index (χ4n) is 4.82. The number of fused-ring (bicyclic) bond motifs is 1. The molecule has 0 aliphatic carbocycles. The van der Waals surface area contributed by atoms with Crippen molar-refractivity contribution in [2.75, 3.05) is 11.6 Å². The highest BCUT2D eigenvalue weighted by Gasteiger charge is 2.24. The van der Waals surface area contributed by atoms with E-state index in [9.17, 15) is 13.8 Å². The molecule has 1 N–H and O–H groups in total. The van der Waals surface area contributed by atoms with Crippen molar-refractivity contribution in [3.8, 4) is 5.75 Å². The second-order valence-electron chi connectivity index (χ2n) is 10.2. The summed E-state index contributed by atoms with van der Waals surface area (Å²) in [7, 11) is 0.614. The van der Waals surface area contributed by atoms with Crippen LogP contribution >= 0.6 is 23.2 Å². The Balaban J connectivity index is 1.32. The first kappa shape index (κ1) is 30.5. The van der Waals surface area contributed by atoms with Crippen molar-refractivity contribution >= 4 is 62.3 Å². The number of nitrogens with zero attached hydrogens (tertiary/aromatic N) is 2. The van der Waals surface area contributed by atoms with Crippen LogP contribution in [0.5, 0.6) is 5.75 Å². The molecular formula is C33H29Cl2N3O4S. The molecule has 0 saturated heterocycles. The van der Waals surface area contributed by atoms with Gasteiger partial charge in [-0.15, -0.1) is 0 Å². The minimum absolute atomic E-state index is 0.0735. The van der Waals surface area contributed by atoms with Gasteiger partial charge in [-0.05, 0) is 74.5 Å². The fraction of sp³-hybridized carbons (Fsp3) is 0.182. The van der Waals surface area contributed by atoms with Gasteiger partial charge in [0.25, 0.3) is 0 Å². The van der Waals surface area contributed by atoms with E-state index in [0.29, 0.717) is 43.9 Å². The highest BCUT2D eigenvalue weighted by molar-refractivity contribution is 7.84. The Morgan fingerprint density at radius 1 is 1.00 bits per heavy atom. The van der Waals surface area contributed by atoms with Gasteiger partial charge in [0.05, 0.1) is 22.3 Å². The maximum Gasteiger partial charge on any atom is 0.233 e. The van der Waals surface area contributed by atoms with Crippen molar-refractivity contribution < 1.29 is 18.5 Å². The van der Waals surface area contributed by atoms with E-state index in [1.807, 2.05) is 37.3 Å². The highest BCUT2D eigenvalue weighted by Crippen LogP contribution is 2.34. The van der Waals surface area contributed by atoms with Crippen molar-refractivity contribution in [1.29, 1.82) is 0 Å². The van der Waals surface area contributed by atoms with Gasteiger partial charge in [-0.1, -0.05) is 41.4 Å². The quantitative estimate of drug-likeness (QED) is 0.170. The predicted molar refractivity (Wildman–Crippen MR) is 172 cm³/mol. The molecule has 43 heavy (non-hydrogen) atoms. The van der Waals surface area contributed by atoms with Crippen molar-refractivity contribution in [1.82, 2.24) is 9.55 Å². The average Bonchev–Trinajstić information content (AvgIpc) is 3.38. The maximum atomic E-state index is 13.4. The second-order valence-corrected chi connectivity index (χ2v) is 12.3. The van der Waals surface area contributed by atoms with Crippen LogP contribution in [0, 0.1) is 6.92 Å². The Morgan fingerprint density at radius 3 is 2.47 bits per heavy atom. The zero-order valence-electron chi connectivity index (χ0n) is 24.0. The number of amides is 1. The number of ketones is 1. The van der Waals surface area contributed by atoms with E-state index in [1.54, 1.807) is 73.3 Å². The van der Waals surface area contributed by atoms with Crippen LogP contribution in [0.4, 0.5) is 5.69 Å². The van der Waals surface area contributed by atoms with E-state index < -0.39 is 16.7 Å². The van der Waals surface area contributed by atoms with Crippen molar-refractivity contribution in [2.24, 2.45) is 7.05 Å². The molecule has 0 aliphatic rings. The van der Waals surface area contributed by atoms with Gasteiger partial charge < -0.3 is 14.6 Å². The molecule has 2 aromatic heterocycles. The Morgan fingerprint density at radius 2 is 1.74 bits per heavy atom. The lowest BCUT2D eigenvalue weighted by molar-refractivity contribution is -0.117. The number of halogens is 2. The van der Waals surface area contributed by atoms with Gasteiger partial charge in [-0.25, -0.2) is 4.98 Å². The van der Waals surface area contributed by atoms with Gasteiger partial charge in [0, 0.05) is 61.9 Å². The lowest BCUT2D eigenvalue weighted by Gasteiger charge is -2.17. The SMILES string of the molecule is Cc1ccc2cccc(OCc3c(Cl)ccc(NC(=O)C(C)c4ccc(C(=O)c5ccc(S(C)=O)cc5)n4C)c3Cl)c2n1. The summed E-state index contributed by atoms with van der Waals surface area (Å²) < 4.78 is 19.5. The lowest BCUT2D eigenvalue weighted by Crippen LogP contribution is -2.22. The normalized spacial score (nSPS) is 12.6. The summed E-state index contributed by atoms with van der Waals surface area (Å²) in [6.07, 6.45) is 1.59. The van der Waals surface area contributed by atoms with Crippen LogP contribution in [0.3, 0.4) is 0 Å². The number of carbonyl (C=O) groups excluding carboxylic acids is 2. The average molecular weight is 635 g/mol. The molecular weight excluding hydrogens is 605 g/mol. The van der Waals surface area contributed by atoms with Gasteiger partial charge in [-0.2, -0.15) is 0 Å². The molecule has 0 radical (unpaired) electrons. The molecule has 1 amide bonds. The molecule has 10 heteroatoms. The number of anilines is 1. The van der Waals surface area contributed by atoms with Crippen LogP contribution in [0.15, 0.2) is 83.8 Å². The Kier molecular flexibility index (Phi) is 9.01. The number of aromatic nitrogens is 2. The molecule has 2 atom stereocenters. The molecule has 0 bridgehead atoms. The number of benzene rings is 3. The van der Waals surface area contributed by atoms with E-state index in [-0.39, 0.29) is 23.3 Å². The maximum absolute atomic E-state index is 13.4. The van der Waals surface area contributed by atoms with Crippen molar-refractivity contribution in [3.63, 3.8) is 0 Å². The van der Waals surface area contributed by atoms with Crippen LogP contribution in [-0.4, -0.2) is 31.7 Å². The standard InChI is InChI=1S/C33H29Cl2N3O4S/c1-19-8-9-21-6-5-7-29(31(21)36-19)42-18-24-25(34)14-15-26(30(24)35)37-33(40)20(2)27-16-17-28(38(27)3)32(39)22-10-12-23(13-11-22)43(4)41/h5-17,20H,18H2,1-4H3,(H,37,40). The van der Waals surface area contributed by atoms with E-state index in [1.165, 1.54) is 0 Å². The first-order valence-corrected chi connectivity index (χ1v) is 15.8. The molecule has 220 valence electrons. The van der Waals surface area contributed by atoms with Gasteiger partial charge in [0.1, 0.15) is 17.9 Å². The smallest absolute Gasteiger partial charge is 0.233 e. The van der Waals surface area contributed by atoms with Gasteiger partial charge in [0.15, 0.2) is 0 Å². The number of nitrogens with one attached hydrogen (secondary N) is 1. The third kappa shape index (κ3) is 6.37. The predicted octanol–water partition coefficient (Wildman–Crippen LogP) is 7.48. The largest absolute Gasteiger partial charge is 0.487 e. The number of pyridine rings is 1.